The number of H-pyrrole nitrogens is 1. The number of nitrogens with zero attached hydrogens (tertiary/aromatic N) is 2. The Hall–Kier alpha value is -3.61. The van der Waals surface area contributed by atoms with Crippen molar-refractivity contribution in [2.45, 2.75) is 57.7 Å². The summed E-state index contributed by atoms with van der Waals surface area (Å²) in [6, 6.07) is 16.7. The van der Waals surface area contributed by atoms with Gasteiger partial charge in [0.15, 0.2) is 5.54 Å². The minimum atomic E-state index is -1.14. The zero-order chi connectivity index (χ0) is 24.0. The van der Waals surface area contributed by atoms with Crippen molar-refractivity contribution >= 4 is 28.7 Å². The van der Waals surface area contributed by atoms with Crippen LogP contribution in [0.5, 0.6) is 0 Å². The van der Waals surface area contributed by atoms with Crippen LogP contribution in [-0.2, 0) is 28.0 Å². The average Bonchev–Trinajstić information content (AvgIpc) is 3.31. The number of imide groups is 1. The Bertz CT molecular complexity index is 1270. The lowest BCUT2D eigenvalue weighted by Crippen LogP contribution is -2.51. The van der Waals surface area contributed by atoms with E-state index in [1.165, 1.54) is 5.56 Å². The maximum atomic E-state index is 13.7. The van der Waals surface area contributed by atoms with Gasteiger partial charge in [-0.15, -0.1) is 0 Å². The Morgan fingerprint density at radius 3 is 2.56 bits per heavy atom. The molecule has 5 rings (SSSR count). The molecule has 176 valence electrons. The molecule has 1 aromatic heterocycles. The second-order valence-corrected chi connectivity index (χ2v) is 9.57. The Kier molecular flexibility index (Phi) is 5.42. The molecule has 7 heteroatoms. The number of aryl methyl sites for hydroxylation is 1. The van der Waals surface area contributed by atoms with Crippen molar-refractivity contribution < 1.29 is 14.4 Å². The van der Waals surface area contributed by atoms with E-state index in [4.69, 9.17) is 0 Å². The first-order chi connectivity index (χ1) is 16.3. The number of fused-ring (bicyclic) bond motifs is 5. The number of para-hydroxylation sites is 1. The minimum absolute atomic E-state index is 0.0820. The first-order valence-electron chi connectivity index (χ1n) is 11.9. The third-order valence-corrected chi connectivity index (χ3v) is 7.36. The number of nitrogens with one attached hydrogen (secondary N) is 2. The number of carbonyl (C=O) groups excluding carboxylic acids is 3. The van der Waals surface area contributed by atoms with Gasteiger partial charge in [-0.25, -0.2) is 9.69 Å². The van der Waals surface area contributed by atoms with Gasteiger partial charge in [-0.3, -0.25) is 9.59 Å². The highest BCUT2D eigenvalue weighted by atomic mass is 16.2. The van der Waals surface area contributed by atoms with E-state index in [1.54, 1.807) is 18.7 Å². The molecule has 4 amide bonds. The van der Waals surface area contributed by atoms with E-state index in [0.717, 1.165) is 39.9 Å². The van der Waals surface area contributed by atoms with Crippen LogP contribution in [-0.4, -0.2) is 51.3 Å². The van der Waals surface area contributed by atoms with E-state index in [1.807, 2.05) is 49.4 Å². The van der Waals surface area contributed by atoms with Crippen LogP contribution in [0.2, 0.25) is 0 Å². The molecule has 1 saturated heterocycles. The highest BCUT2D eigenvalue weighted by Gasteiger charge is 2.60. The monoisotopic (exact) mass is 458 g/mol. The number of rotatable bonds is 6. The Balaban J connectivity index is 1.34. The standard InChI is InChI=1S/C27H30N4O3/c1-17(13-14-19-9-5-4-6-10-19)28-24(32)18(2)31-25(33)27(3)23-21(15-16-30(27)26(31)34)20-11-7-8-12-22(20)29-23/h4-12,17-18,29H,13-16H2,1-3H3,(H,28,32)/t17?,18-,27-/m0/s1. The van der Waals surface area contributed by atoms with Crippen LogP contribution in [0.4, 0.5) is 4.79 Å². The lowest BCUT2D eigenvalue weighted by Gasteiger charge is -2.36. The van der Waals surface area contributed by atoms with Gasteiger partial charge in [0, 0.05) is 23.5 Å². The number of urea groups is 1. The van der Waals surface area contributed by atoms with Crippen molar-refractivity contribution in [1.29, 1.82) is 0 Å². The molecule has 2 N–H and O–H groups in total. The Morgan fingerprint density at radius 2 is 1.79 bits per heavy atom. The fraction of sp³-hybridized carbons (Fsp3) is 0.370. The summed E-state index contributed by atoms with van der Waals surface area (Å²) in [6.45, 7) is 5.80. The number of hydrogen-bond acceptors (Lipinski definition) is 3. The summed E-state index contributed by atoms with van der Waals surface area (Å²) in [5, 5.41) is 4.07. The van der Waals surface area contributed by atoms with Crippen molar-refractivity contribution in [2.75, 3.05) is 6.54 Å². The van der Waals surface area contributed by atoms with E-state index < -0.39 is 17.6 Å². The smallest absolute Gasteiger partial charge is 0.328 e. The van der Waals surface area contributed by atoms with Crippen molar-refractivity contribution in [2.24, 2.45) is 0 Å². The van der Waals surface area contributed by atoms with Gasteiger partial charge in [0.1, 0.15) is 6.04 Å². The van der Waals surface area contributed by atoms with Crippen LogP contribution in [0.25, 0.3) is 10.9 Å². The second-order valence-electron chi connectivity index (χ2n) is 9.57. The van der Waals surface area contributed by atoms with Crippen LogP contribution < -0.4 is 5.32 Å². The number of amides is 4. The summed E-state index contributed by atoms with van der Waals surface area (Å²) in [4.78, 5) is 46.3. The number of carbonyl (C=O) groups is 3. The van der Waals surface area contributed by atoms with Crippen molar-refractivity contribution in [3.8, 4) is 0 Å². The fourth-order valence-corrected chi connectivity index (χ4v) is 5.34. The Labute approximate surface area is 199 Å². The van der Waals surface area contributed by atoms with Crippen LogP contribution in [0.15, 0.2) is 54.6 Å². The van der Waals surface area contributed by atoms with E-state index in [9.17, 15) is 14.4 Å². The summed E-state index contributed by atoms with van der Waals surface area (Å²) in [7, 11) is 0. The van der Waals surface area contributed by atoms with Gasteiger partial charge in [-0.1, -0.05) is 48.5 Å². The van der Waals surface area contributed by atoms with Crippen LogP contribution in [0.3, 0.4) is 0 Å². The van der Waals surface area contributed by atoms with Gasteiger partial charge in [0.05, 0.1) is 5.69 Å². The number of aromatic nitrogens is 1. The molecule has 7 nitrogen and oxygen atoms in total. The minimum Gasteiger partial charge on any atom is -0.356 e. The van der Waals surface area contributed by atoms with Gasteiger partial charge in [0.2, 0.25) is 5.91 Å². The molecule has 2 aliphatic heterocycles. The maximum absolute atomic E-state index is 13.7. The molecule has 34 heavy (non-hydrogen) atoms. The highest BCUT2D eigenvalue weighted by Crippen LogP contribution is 2.44. The molecule has 0 radical (unpaired) electrons. The quantitative estimate of drug-likeness (QED) is 0.552. The first kappa shape index (κ1) is 22.2. The first-order valence-corrected chi connectivity index (χ1v) is 11.9. The predicted octanol–water partition coefficient (Wildman–Crippen LogP) is 3.73. The van der Waals surface area contributed by atoms with Crippen molar-refractivity contribution in [3.63, 3.8) is 0 Å². The van der Waals surface area contributed by atoms with E-state index in [-0.39, 0.29) is 17.9 Å². The SMILES string of the molecule is CC(CCc1ccccc1)NC(=O)[C@H](C)N1C(=O)N2CCc3c([nH]c4ccccc34)[C@@]2(C)C1=O. The summed E-state index contributed by atoms with van der Waals surface area (Å²) in [5.41, 5.74) is 2.85. The molecule has 1 unspecified atom stereocenters. The van der Waals surface area contributed by atoms with Crippen LogP contribution >= 0.6 is 0 Å². The topological polar surface area (TPSA) is 85.5 Å². The maximum Gasteiger partial charge on any atom is 0.328 e. The summed E-state index contributed by atoms with van der Waals surface area (Å²) >= 11 is 0. The third kappa shape index (κ3) is 3.38. The molecule has 2 aliphatic rings. The second kappa shape index (κ2) is 8.31. The molecule has 3 aromatic rings. The van der Waals surface area contributed by atoms with Gasteiger partial charge in [-0.2, -0.15) is 0 Å². The summed E-state index contributed by atoms with van der Waals surface area (Å²) in [5.74, 6) is -0.674. The van der Waals surface area contributed by atoms with E-state index in [0.29, 0.717) is 13.0 Å². The zero-order valence-electron chi connectivity index (χ0n) is 19.8. The summed E-state index contributed by atoms with van der Waals surface area (Å²) < 4.78 is 0. The van der Waals surface area contributed by atoms with E-state index in [2.05, 4.69) is 22.4 Å². The van der Waals surface area contributed by atoms with Crippen molar-refractivity contribution in [1.82, 2.24) is 20.1 Å². The van der Waals surface area contributed by atoms with Gasteiger partial charge < -0.3 is 15.2 Å². The number of hydrogen-bond donors (Lipinski definition) is 2. The molecule has 0 aliphatic carbocycles. The van der Waals surface area contributed by atoms with Gasteiger partial charge in [-0.05, 0) is 57.2 Å². The lowest BCUT2D eigenvalue weighted by atomic mass is 9.87. The molecule has 3 atom stereocenters. The van der Waals surface area contributed by atoms with Crippen LogP contribution in [0, 0.1) is 0 Å². The molecular weight excluding hydrogens is 428 g/mol. The molecular formula is C27H30N4O3. The Morgan fingerprint density at radius 1 is 1.09 bits per heavy atom. The fourth-order valence-electron chi connectivity index (χ4n) is 5.34. The molecule has 3 heterocycles. The normalized spacial score (nSPS) is 21.4. The molecule has 0 saturated carbocycles. The average molecular weight is 459 g/mol. The third-order valence-electron chi connectivity index (χ3n) is 7.36. The molecule has 2 aromatic carbocycles. The number of benzene rings is 2. The number of aromatic amines is 1. The molecule has 0 bridgehead atoms. The molecule has 0 spiro atoms. The van der Waals surface area contributed by atoms with Gasteiger partial charge in [0.25, 0.3) is 5.91 Å². The van der Waals surface area contributed by atoms with Crippen LogP contribution in [0.1, 0.15) is 44.0 Å². The zero-order valence-corrected chi connectivity index (χ0v) is 19.8. The molecule has 1 fully saturated rings. The largest absolute Gasteiger partial charge is 0.356 e. The van der Waals surface area contributed by atoms with Gasteiger partial charge >= 0.3 is 6.03 Å². The lowest BCUT2D eigenvalue weighted by molar-refractivity contribution is -0.139. The highest BCUT2D eigenvalue weighted by molar-refractivity contribution is 6.10. The predicted molar refractivity (Wildman–Crippen MR) is 130 cm³/mol. The van der Waals surface area contributed by atoms with E-state index >= 15 is 0 Å². The van der Waals surface area contributed by atoms with Crippen molar-refractivity contribution in [3.05, 3.63) is 71.4 Å². The summed E-state index contributed by atoms with van der Waals surface area (Å²) in [6.07, 6.45) is 2.28.